The monoisotopic (exact) mass is 245 g/mol. The minimum Gasteiger partial charge on any atom is -0.497 e. The normalized spacial score (nSPS) is 10.9. The van der Waals surface area contributed by atoms with Gasteiger partial charge < -0.3 is 14.8 Å². The van der Waals surface area contributed by atoms with E-state index in [9.17, 15) is 9.59 Å². The number of hydrogen-bond donors (Lipinski definition) is 2. The summed E-state index contributed by atoms with van der Waals surface area (Å²) < 4.78 is 5.09. The number of rotatable bonds is 3. The molecule has 1 aromatic heterocycles. The number of aliphatic carboxylic acids is 1. The van der Waals surface area contributed by atoms with Gasteiger partial charge in [0.25, 0.3) is 5.56 Å². The highest BCUT2D eigenvalue weighted by Gasteiger charge is 2.02. The highest BCUT2D eigenvalue weighted by molar-refractivity contribution is 5.87. The fourth-order valence-corrected chi connectivity index (χ4v) is 1.61. The van der Waals surface area contributed by atoms with E-state index in [1.54, 1.807) is 31.4 Å². The Morgan fingerprint density at radius 2 is 2.17 bits per heavy atom. The molecule has 0 amide bonds. The Morgan fingerprint density at radius 3 is 2.83 bits per heavy atom. The average Bonchev–Trinajstić information content (AvgIpc) is 2.35. The number of nitrogens with one attached hydrogen (secondary N) is 1. The molecule has 5 nitrogen and oxygen atoms in total. The van der Waals surface area contributed by atoms with Crippen molar-refractivity contribution in [2.45, 2.75) is 0 Å². The van der Waals surface area contributed by atoms with Crippen LogP contribution in [0.4, 0.5) is 0 Å². The summed E-state index contributed by atoms with van der Waals surface area (Å²) in [7, 11) is 1.55. The van der Waals surface area contributed by atoms with Crippen molar-refractivity contribution in [1.29, 1.82) is 0 Å². The van der Waals surface area contributed by atoms with Crippen LogP contribution in [0.1, 0.15) is 5.56 Å². The predicted molar refractivity (Wildman–Crippen MR) is 67.8 cm³/mol. The molecule has 0 aliphatic heterocycles. The number of carboxylic acids is 1. The maximum atomic E-state index is 11.7. The molecule has 0 bridgehead atoms. The number of aromatic amines is 1. The van der Waals surface area contributed by atoms with Gasteiger partial charge in [0.1, 0.15) is 5.75 Å². The molecule has 1 aromatic carbocycles. The summed E-state index contributed by atoms with van der Waals surface area (Å²) in [5, 5.41) is 9.32. The predicted octanol–water partition coefficient (Wildman–Crippen LogP) is 1.63. The van der Waals surface area contributed by atoms with E-state index in [1.165, 1.54) is 6.08 Å². The van der Waals surface area contributed by atoms with Crippen LogP contribution in [-0.4, -0.2) is 23.2 Å². The quantitative estimate of drug-likeness (QED) is 0.805. The maximum absolute atomic E-state index is 11.7. The van der Waals surface area contributed by atoms with Crippen LogP contribution >= 0.6 is 0 Å². The minimum atomic E-state index is -1.10. The molecule has 0 aliphatic carbocycles. The summed E-state index contributed by atoms with van der Waals surface area (Å²) in [6.45, 7) is 0. The van der Waals surface area contributed by atoms with E-state index in [1.807, 2.05) is 0 Å². The first-order valence-corrected chi connectivity index (χ1v) is 5.22. The van der Waals surface area contributed by atoms with Gasteiger partial charge >= 0.3 is 5.97 Å². The molecule has 18 heavy (non-hydrogen) atoms. The highest BCUT2D eigenvalue weighted by Crippen LogP contribution is 2.18. The number of carboxylic acid groups (broad SMARTS) is 1. The Hall–Kier alpha value is -2.56. The van der Waals surface area contributed by atoms with Crippen molar-refractivity contribution < 1.29 is 14.6 Å². The molecule has 0 radical (unpaired) electrons. The third-order valence-corrected chi connectivity index (χ3v) is 2.49. The smallest absolute Gasteiger partial charge is 0.328 e. The topological polar surface area (TPSA) is 79.4 Å². The molecule has 2 N–H and O–H groups in total. The van der Waals surface area contributed by atoms with Crippen LogP contribution in [0.5, 0.6) is 5.75 Å². The largest absolute Gasteiger partial charge is 0.497 e. The summed E-state index contributed by atoms with van der Waals surface area (Å²) in [6, 6.07) is 6.87. The second-order valence-corrected chi connectivity index (χ2v) is 3.68. The van der Waals surface area contributed by atoms with Gasteiger partial charge in [0.2, 0.25) is 0 Å². The van der Waals surface area contributed by atoms with E-state index >= 15 is 0 Å². The fourth-order valence-electron chi connectivity index (χ4n) is 1.61. The van der Waals surface area contributed by atoms with E-state index in [0.717, 1.165) is 11.5 Å². The Morgan fingerprint density at radius 1 is 1.39 bits per heavy atom. The molecule has 0 aliphatic rings. The number of carbonyl (C=O) groups is 1. The molecule has 0 atom stereocenters. The lowest BCUT2D eigenvalue weighted by atomic mass is 10.1. The van der Waals surface area contributed by atoms with Gasteiger partial charge in [-0.05, 0) is 30.3 Å². The lowest BCUT2D eigenvalue weighted by molar-refractivity contribution is -0.131. The van der Waals surface area contributed by atoms with E-state index in [-0.39, 0.29) is 11.1 Å². The van der Waals surface area contributed by atoms with Gasteiger partial charge in [0.15, 0.2) is 0 Å². The highest BCUT2D eigenvalue weighted by atomic mass is 16.5. The lowest BCUT2D eigenvalue weighted by Gasteiger charge is -2.03. The van der Waals surface area contributed by atoms with Crippen molar-refractivity contribution in [3.8, 4) is 5.75 Å². The van der Waals surface area contributed by atoms with Crippen LogP contribution in [0.2, 0.25) is 0 Å². The minimum absolute atomic E-state index is 0.290. The first-order chi connectivity index (χ1) is 8.60. The van der Waals surface area contributed by atoms with Crippen LogP contribution in [0.25, 0.3) is 17.0 Å². The number of aromatic nitrogens is 1. The first-order valence-electron chi connectivity index (χ1n) is 5.22. The summed E-state index contributed by atoms with van der Waals surface area (Å²) in [5.41, 5.74) is 0.636. The average molecular weight is 245 g/mol. The number of H-pyrrole nitrogens is 1. The van der Waals surface area contributed by atoms with Crippen LogP contribution < -0.4 is 10.3 Å². The molecule has 5 heteroatoms. The molecule has 0 saturated carbocycles. The first kappa shape index (κ1) is 11.9. The van der Waals surface area contributed by atoms with Crippen LogP contribution in [0, 0.1) is 0 Å². The van der Waals surface area contributed by atoms with Crippen LogP contribution in [0.3, 0.4) is 0 Å². The summed E-state index contributed by atoms with van der Waals surface area (Å²) in [6.07, 6.45) is 2.19. The van der Waals surface area contributed by atoms with Gasteiger partial charge in [0.05, 0.1) is 7.11 Å². The molecule has 0 saturated heterocycles. The third kappa shape index (κ3) is 2.40. The standard InChI is InChI=1S/C13H11NO4/c1-18-10-3-4-11-9(7-10)6-8(13(17)14-11)2-5-12(15)16/h2-7H,1H3,(H,14,17)(H,15,16)/b5-2+. The van der Waals surface area contributed by atoms with Gasteiger partial charge in [-0.15, -0.1) is 0 Å². The molecule has 0 unspecified atom stereocenters. The van der Waals surface area contributed by atoms with Crippen molar-refractivity contribution in [1.82, 2.24) is 4.98 Å². The van der Waals surface area contributed by atoms with E-state index < -0.39 is 5.97 Å². The van der Waals surface area contributed by atoms with E-state index in [2.05, 4.69) is 4.98 Å². The van der Waals surface area contributed by atoms with Gasteiger partial charge in [-0.25, -0.2) is 4.79 Å². The van der Waals surface area contributed by atoms with Crippen molar-refractivity contribution >= 4 is 22.9 Å². The molecule has 0 spiro atoms. The number of pyridine rings is 1. The van der Waals surface area contributed by atoms with Crippen molar-refractivity contribution in [2.75, 3.05) is 7.11 Å². The zero-order chi connectivity index (χ0) is 13.1. The number of ether oxygens (including phenoxy) is 1. The van der Waals surface area contributed by atoms with Crippen molar-refractivity contribution in [3.05, 3.63) is 46.3 Å². The van der Waals surface area contributed by atoms with Crippen molar-refractivity contribution in [2.24, 2.45) is 0 Å². The second-order valence-electron chi connectivity index (χ2n) is 3.68. The SMILES string of the molecule is COc1ccc2[nH]c(=O)c(/C=C/C(=O)O)cc2c1. The molecule has 92 valence electrons. The summed E-state index contributed by atoms with van der Waals surface area (Å²) >= 11 is 0. The van der Waals surface area contributed by atoms with E-state index in [0.29, 0.717) is 11.3 Å². The Labute approximate surface area is 102 Å². The number of fused-ring (bicyclic) bond motifs is 1. The van der Waals surface area contributed by atoms with Gasteiger partial charge in [-0.2, -0.15) is 0 Å². The fraction of sp³-hybridized carbons (Fsp3) is 0.0769. The van der Waals surface area contributed by atoms with Gasteiger partial charge in [-0.3, -0.25) is 4.79 Å². The number of benzene rings is 1. The lowest BCUT2D eigenvalue weighted by Crippen LogP contribution is -2.09. The third-order valence-electron chi connectivity index (χ3n) is 2.49. The molecule has 0 fully saturated rings. The van der Waals surface area contributed by atoms with Gasteiger partial charge in [0, 0.05) is 22.5 Å². The molecular formula is C13H11NO4. The van der Waals surface area contributed by atoms with E-state index in [4.69, 9.17) is 9.84 Å². The number of hydrogen-bond acceptors (Lipinski definition) is 3. The zero-order valence-corrected chi connectivity index (χ0v) is 9.64. The van der Waals surface area contributed by atoms with Crippen LogP contribution in [-0.2, 0) is 4.79 Å². The molecule has 2 rings (SSSR count). The summed E-state index contributed by atoms with van der Waals surface area (Å²) in [5.74, 6) is -0.428. The Kier molecular flexibility index (Phi) is 3.14. The number of methoxy groups -OCH3 is 1. The Bertz CT molecular complexity index is 685. The van der Waals surface area contributed by atoms with Crippen molar-refractivity contribution in [3.63, 3.8) is 0 Å². The molecular weight excluding hydrogens is 234 g/mol. The maximum Gasteiger partial charge on any atom is 0.328 e. The molecule has 1 heterocycles. The summed E-state index contributed by atoms with van der Waals surface area (Å²) in [4.78, 5) is 24.8. The van der Waals surface area contributed by atoms with Gasteiger partial charge in [-0.1, -0.05) is 0 Å². The zero-order valence-electron chi connectivity index (χ0n) is 9.64. The second kappa shape index (κ2) is 4.75. The van der Waals surface area contributed by atoms with Crippen LogP contribution in [0.15, 0.2) is 35.1 Å². The Balaban J connectivity index is 2.58. The molecule has 2 aromatic rings.